The molecule has 2 aromatic rings. The second kappa shape index (κ2) is 6.88. The van der Waals surface area contributed by atoms with Crippen molar-refractivity contribution in [2.45, 2.75) is 33.4 Å². The number of nitrogens with zero attached hydrogens (tertiary/aromatic N) is 3. The van der Waals surface area contributed by atoms with Crippen molar-refractivity contribution < 1.29 is 4.52 Å². The van der Waals surface area contributed by atoms with Crippen molar-refractivity contribution in [2.24, 2.45) is 4.99 Å². The van der Waals surface area contributed by atoms with Gasteiger partial charge in [-0.15, -0.1) is 0 Å². The fraction of sp³-hybridized carbons (Fsp3) is 0.400. The highest BCUT2D eigenvalue weighted by Crippen LogP contribution is 2.16. The minimum absolute atomic E-state index is 0.157. The molecule has 2 N–H and O–H groups in total. The van der Waals surface area contributed by atoms with Gasteiger partial charge >= 0.3 is 0 Å². The van der Waals surface area contributed by atoms with Gasteiger partial charge in [-0.3, -0.25) is 4.99 Å². The molecule has 0 fully saturated rings. The molecule has 0 aliphatic carbocycles. The van der Waals surface area contributed by atoms with Crippen LogP contribution in [-0.4, -0.2) is 23.1 Å². The predicted molar refractivity (Wildman–Crippen MR) is 82.0 cm³/mol. The molecule has 21 heavy (non-hydrogen) atoms. The van der Waals surface area contributed by atoms with Crippen LogP contribution in [0.1, 0.15) is 35.8 Å². The lowest BCUT2D eigenvalue weighted by atomic mass is 10.0. The normalized spacial score (nSPS) is 13.0. The molecule has 0 spiro atoms. The molecule has 6 nitrogen and oxygen atoms in total. The number of aliphatic imine (C=N–C) groups is 1. The average molecular weight is 287 g/mol. The molecular weight excluding hydrogens is 266 g/mol. The standard InChI is InChI=1S/C15H21N5O/c1-10-7-5-6-8-13(10)11(2)18-15(16-4)17-9-14-19-12(3)21-20-14/h5-8,11H,9H2,1-4H3,(H2,16,17,18). The van der Waals surface area contributed by atoms with Crippen LogP contribution in [0, 0.1) is 13.8 Å². The van der Waals surface area contributed by atoms with Crippen molar-refractivity contribution in [2.75, 3.05) is 7.05 Å². The van der Waals surface area contributed by atoms with Crippen LogP contribution in [0.3, 0.4) is 0 Å². The highest BCUT2D eigenvalue weighted by atomic mass is 16.5. The summed E-state index contributed by atoms with van der Waals surface area (Å²) in [7, 11) is 1.74. The van der Waals surface area contributed by atoms with Crippen molar-refractivity contribution in [1.29, 1.82) is 0 Å². The van der Waals surface area contributed by atoms with Gasteiger partial charge in [0, 0.05) is 14.0 Å². The predicted octanol–water partition coefficient (Wildman–Crippen LogP) is 2.11. The molecule has 1 aromatic heterocycles. The van der Waals surface area contributed by atoms with E-state index in [4.69, 9.17) is 4.52 Å². The number of rotatable bonds is 4. The lowest BCUT2D eigenvalue weighted by molar-refractivity contribution is 0.386. The molecule has 1 atom stereocenters. The summed E-state index contributed by atoms with van der Waals surface area (Å²) >= 11 is 0. The van der Waals surface area contributed by atoms with Crippen molar-refractivity contribution in [3.63, 3.8) is 0 Å². The van der Waals surface area contributed by atoms with Crippen LogP contribution in [0.2, 0.25) is 0 Å². The Morgan fingerprint density at radius 1 is 1.33 bits per heavy atom. The third-order valence-corrected chi connectivity index (χ3v) is 3.22. The molecule has 0 bridgehead atoms. The van der Waals surface area contributed by atoms with Gasteiger partial charge in [0.15, 0.2) is 11.8 Å². The van der Waals surface area contributed by atoms with E-state index < -0.39 is 0 Å². The SMILES string of the molecule is CN=C(NCc1noc(C)n1)NC(C)c1ccccc1C. The third-order valence-electron chi connectivity index (χ3n) is 3.22. The summed E-state index contributed by atoms with van der Waals surface area (Å²) in [5.74, 6) is 1.87. The summed E-state index contributed by atoms with van der Waals surface area (Å²) in [6.07, 6.45) is 0. The van der Waals surface area contributed by atoms with Gasteiger partial charge in [0.25, 0.3) is 0 Å². The van der Waals surface area contributed by atoms with Crippen LogP contribution in [0.15, 0.2) is 33.8 Å². The third kappa shape index (κ3) is 4.05. The van der Waals surface area contributed by atoms with Crippen LogP contribution in [0.4, 0.5) is 0 Å². The summed E-state index contributed by atoms with van der Waals surface area (Å²) in [6, 6.07) is 8.45. The zero-order valence-electron chi connectivity index (χ0n) is 12.8. The molecule has 1 heterocycles. The first-order chi connectivity index (χ1) is 10.1. The largest absolute Gasteiger partial charge is 0.350 e. The topological polar surface area (TPSA) is 75.3 Å². The summed E-state index contributed by atoms with van der Waals surface area (Å²) in [5, 5.41) is 10.4. The Labute approximate surface area is 124 Å². The fourth-order valence-corrected chi connectivity index (χ4v) is 2.13. The lowest BCUT2D eigenvalue weighted by Gasteiger charge is -2.19. The minimum atomic E-state index is 0.157. The quantitative estimate of drug-likeness (QED) is 0.665. The molecule has 0 saturated carbocycles. The Morgan fingerprint density at radius 3 is 2.71 bits per heavy atom. The molecule has 0 radical (unpaired) electrons. The molecular formula is C15H21N5O. The number of guanidine groups is 1. The van der Waals surface area contributed by atoms with Gasteiger partial charge in [-0.25, -0.2) is 0 Å². The van der Waals surface area contributed by atoms with E-state index in [2.05, 4.69) is 51.7 Å². The summed E-state index contributed by atoms with van der Waals surface area (Å²) in [6.45, 7) is 6.45. The molecule has 0 amide bonds. The van der Waals surface area contributed by atoms with E-state index >= 15 is 0 Å². The van der Waals surface area contributed by atoms with Crippen LogP contribution in [0.25, 0.3) is 0 Å². The van der Waals surface area contributed by atoms with Crippen LogP contribution < -0.4 is 10.6 Å². The monoisotopic (exact) mass is 287 g/mol. The van der Waals surface area contributed by atoms with Gasteiger partial charge in [0.1, 0.15) is 0 Å². The first kappa shape index (κ1) is 15.0. The molecule has 112 valence electrons. The highest BCUT2D eigenvalue weighted by Gasteiger charge is 2.10. The van der Waals surface area contributed by atoms with E-state index in [0.717, 1.165) is 0 Å². The molecule has 0 aliphatic rings. The lowest BCUT2D eigenvalue weighted by Crippen LogP contribution is -2.38. The first-order valence-electron chi connectivity index (χ1n) is 6.92. The van der Waals surface area contributed by atoms with E-state index in [9.17, 15) is 0 Å². The number of aryl methyl sites for hydroxylation is 2. The molecule has 0 saturated heterocycles. The number of aromatic nitrogens is 2. The summed E-state index contributed by atoms with van der Waals surface area (Å²) < 4.78 is 4.94. The Hall–Kier alpha value is -2.37. The van der Waals surface area contributed by atoms with Gasteiger partial charge in [-0.05, 0) is 25.0 Å². The number of hydrogen-bond acceptors (Lipinski definition) is 4. The van der Waals surface area contributed by atoms with Crippen LogP contribution >= 0.6 is 0 Å². The zero-order valence-corrected chi connectivity index (χ0v) is 12.8. The van der Waals surface area contributed by atoms with Crippen LogP contribution in [0.5, 0.6) is 0 Å². The van der Waals surface area contributed by atoms with Gasteiger partial charge in [-0.1, -0.05) is 29.4 Å². The highest BCUT2D eigenvalue weighted by molar-refractivity contribution is 5.80. The summed E-state index contributed by atoms with van der Waals surface area (Å²) in [5.41, 5.74) is 2.50. The van der Waals surface area contributed by atoms with E-state index in [0.29, 0.717) is 24.2 Å². The minimum Gasteiger partial charge on any atom is -0.350 e. The first-order valence-corrected chi connectivity index (χ1v) is 6.92. The fourth-order valence-electron chi connectivity index (χ4n) is 2.13. The maximum Gasteiger partial charge on any atom is 0.223 e. The van der Waals surface area contributed by atoms with Gasteiger partial charge < -0.3 is 15.2 Å². The molecule has 1 aromatic carbocycles. The maximum absolute atomic E-state index is 4.94. The molecule has 0 aliphatic heterocycles. The number of nitrogens with one attached hydrogen (secondary N) is 2. The summed E-state index contributed by atoms with van der Waals surface area (Å²) in [4.78, 5) is 8.36. The van der Waals surface area contributed by atoms with Gasteiger partial charge in [0.2, 0.25) is 5.89 Å². The van der Waals surface area contributed by atoms with Gasteiger partial charge in [0.05, 0.1) is 12.6 Å². The Morgan fingerprint density at radius 2 is 2.10 bits per heavy atom. The Balaban J connectivity index is 1.95. The second-order valence-corrected chi connectivity index (χ2v) is 4.88. The van der Waals surface area contributed by atoms with Crippen molar-refractivity contribution in [3.8, 4) is 0 Å². The van der Waals surface area contributed by atoms with E-state index in [1.165, 1.54) is 11.1 Å². The maximum atomic E-state index is 4.94. The smallest absolute Gasteiger partial charge is 0.223 e. The van der Waals surface area contributed by atoms with Crippen molar-refractivity contribution in [1.82, 2.24) is 20.8 Å². The van der Waals surface area contributed by atoms with Crippen LogP contribution in [-0.2, 0) is 6.54 Å². The number of hydrogen-bond donors (Lipinski definition) is 2. The molecule has 6 heteroatoms. The Bertz CT molecular complexity index is 620. The van der Waals surface area contributed by atoms with E-state index in [1.54, 1.807) is 14.0 Å². The van der Waals surface area contributed by atoms with E-state index in [-0.39, 0.29) is 6.04 Å². The van der Waals surface area contributed by atoms with E-state index in [1.807, 2.05) is 12.1 Å². The van der Waals surface area contributed by atoms with Gasteiger partial charge in [-0.2, -0.15) is 4.98 Å². The zero-order chi connectivity index (χ0) is 15.2. The van der Waals surface area contributed by atoms with Crippen molar-refractivity contribution in [3.05, 3.63) is 47.1 Å². The molecule has 2 rings (SSSR count). The molecule has 1 unspecified atom stereocenters. The second-order valence-electron chi connectivity index (χ2n) is 4.88. The Kier molecular flexibility index (Phi) is 4.92. The number of benzene rings is 1. The van der Waals surface area contributed by atoms with Crippen molar-refractivity contribution >= 4 is 5.96 Å². The average Bonchev–Trinajstić information content (AvgIpc) is 2.89.